The molecule has 0 atom stereocenters. The van der Waals surface area contributed by atoms with Crippen LogP contribution in [0, 0.1) is 6.92 Å². The zero-order valence-corrected chi connectivity index (χ0v) is 12.0. The number of aryl methyl sites for hydroxylation is 1. The summed E-state index contributed by atoms with van der Waals surface area (Å²) in [7, 11) is 0. The van der Waals surface area contributed by atoms with Crippen LogP contribution in [0.25, 0.3) is 0 Å². The van der Waals surface area contributed by atoms with Crippen molar-refractivity contribution in [2.75, 3.05) is 16.8 Å². The smallest absolute Gasteiger partial charge is 0.129 e. The Bertz CT molecular complexity index is 311. The predicted octanol–water partition coefficient (Wildman–Crippen LogP) is 3.78. The molecule has 16 heavy (non-hydrogen) atoms. The normalized spacial score (nSPS) is 10.8. The van der Waals surface area contributed by atoms with Crippen molar-refractivity contribution in [3.05, 3.63) is 23.9 Å². The number of rotatable bonds is 6. The summed E-state index contributed by atoms with van der Waals surface area (Å²) >= 11 is 3.52. The lowest BCUT2D eigenvalue weighted by Gasteiger charge is -2.31. The van der Waals surface area contributed by atoms with Crippen molar-refractivity contribution in [3.63, 3.8) is 0 Å². The monoisotopic (exact) mass is 284 g/mol. The predicted molar refractivity (Wildman–Crippen MR) is 74.5 cm³/mol. The Morgan fingerprint density at radius 1 is 1.31 bits per heavy atom. The molecule has 0 radical (unpaired) electrons. The highest BCUT2D eigenvalue weighted by Crippen LogP contribution is 2.18. The second-order valence-electron chi connectivity index (χ2n) is 3.99. The summed E-state index contributed by atoms with van der Waals surface area (Å²) in [6.07, 6.45) is 2.33. The van der Waals surface area contributed by atoms with Gasteiger partial charge in [-0.2, -0.15) is 0 Å². The maximum absolute atomic E-state index is 4.61. The first kappa shape index (κ1) is 13.5. The fourth-order valence-corrected chi connectivity index (χ4v) is 2.38. The summed E-state index contributed by atoms with van der Waals surface area (Å²) in [4.78, 5) is 7.02. The van der Waals surface area contributed by atoms with E-state index in [0.29, 0.717) is 6.04 Å². The first-order chi connectivity index (χ1) is 7.72. The molecule has 0 aromatic carbocycles. The van der Waals surface area contributed by atoms with E-state index in [1.807, 2.05) is 13.0 Å². The van der Waals surface area contributed by atoms with E-state index in [0.717, 1.165) is 23.4 Å². The van der Waals surface area contributed by atoms with Gasteiger partial charge in [0, 0.05) is 23.6 Å². The molecule has 3 heteroatoms. The minimum Gasteiger partial charge on any atom is -0.353 e. The summed E-state index contributed by atoms with van der Waals surface area (Å²) in [5.41, 5.74) is 1.09. The van der Waals surface area contributed by atoms with Crippen molar-refractivity contribution in [3.8, 4) is 0 Å². The molecule has 1 aromatic heterocycles. The lowest BCUT2D eigenvalue weighted by atomic mass is 10.1. The average Bonchev–Trinajstić information content (AvgIpc) is 2.29. The topological polar surface area (TPSA) is 16.1 Å². The highest BCUT2D eigenvalue weighted by Gasteiger charge is 2.15. The summed E-state index contributed by atoms with van der Waals surface area (Å²) in [5, 5.41) is 0.985. The number of hydrogen-bond donors (Lipinski definition) is 0. The van der Waals surface area contributed by atoms with Gasteiger partial charge in [-0.15, -0.1) is 0 Å². The molecule has 0 saturated carbocycles. The SMILES string of the molecule is CCC(CC)N(CCBr)c1cccc(C)n1. The molecule has 0 unspecified atom stereocenters. The minimum absolute atomic E-state index is 0.590. The Hall–Kier alpha value is -0.570. The van der Waals surface area contributed by atoms with E-state index in [1.165, 1.54) is 12.8 Å². The fourth-order valence-electron chi connectivity index (χ4n) is 1.99. The van der Waals surface area contributed by atoms with E-state index < -0.39 is 0 Å². The molecule has 0 aliphatic heterocycles. The Balaban J connectivity index is 2.91. The van der Waals surface area contributed by atoms with Crippen molar-refractivity contribution in [1.82, 2.24) is 4.98 Å². The number of aromatic nitrogens is 1. The van der Waals surface area contributed by atoms with Crippen LogP contribution in [-0.2, 0) is 0 Å². The zero-order valence-electron chi connectivity index (χ0n) is 10.4. The molecule has 0 amide bonds. The molecule has 2 nitrogen and oxygen atoms in total. The van der Waals surface area contributed by atoms with Gasteiger partial charge in [0.05, 0.1) is 0 Å². The van der Waals surface area contributed by atoms with E-state index in [2.05, 4.69) is 51.8 Å². The van der Waals surface area contributed by atoms with E-state index in [9.17, 15) is 0 Å². The Labute approximate surface area is 107 Å². The number of halogens is 1. The Morgan fingerprint density at radius 3 is 2.50 bits per heavy atom. The van der Waals surface area contributed by atoms with Crippen LogP contribution in [0.1, 0.15) is 32.4 Å². The molecular formula is C13H21BrN2. The number of alkyl halides is 1. The van der Waals surface area contributed by atoms with Crippen molar-refractivity contribution in [1.29, 1.82) is 0 Å². The fraction of sp³-hybridized carbons (Fsp3) is 0.615. The van der Waals surface area contributed by atoms with Crippen LogP contribution in [0.5, 0.6) is 0 Å². The molecule has 0 aliphatic rings. The van der Waals surface area contributed by atoms with Crippen LogP contribution >= 0.6 is 15.9 Å². The minimum atomic E-state index is 0.590. The van der Waals surface area contributed by atoms with Crippen LogP contribution < -0.4 is 4.90 Å². The zero-order chi connectivity index (χ0) is 12.0. The van der Waals surface area contributed by atoms with Crippen molar-refractivity contribution in [2.24, 2.45) is 0 Å². The van der Waals surface area contributed by atoms with Crippen LogP contribution in [0.2, 0.25) is 0 Å². The molecule has 1 rings (SSSR count). The Kier molecular flexibility index (Phi) is 5.81. The van der Waals surface area contributed by atoms with Gasteiger partial charge in [-0.1, -0.05) is 35.8 Å². The van der Waals surface area contributed by atoms with E-state index >= 15 is 0 Å². The molecule has 0 saturated heterocycles. The van der Waals surface area contributed by atoms with Crippen molar-refractivity contribution >= 4 is 21.7 Å². The molecule has 0 fully saturated rings. The third-order valence-electron chi connectivity index (χ3n) is 2.88. The molecule has 0 spiro atoms. The highest BCUT2D eigenvalue weighted by molar-refractivity contribution is 9.09. The average molecular weight is 285 g/mol. The molecule has 0 N–H and O–H groups in total. The summed E-state index contributed by atoms with van der Waals surface area (Å²) in [5.74, 6) is 1.10. The van der Waals surface area contributed by atoms with Crippen molar-refractivity contribution in [2.45, 2.75) is 39.7 Å². The van der Waals surface area contributed by atoms with E-state index in [1.54, 1.807) is 0 Å². The third-order valence-corrected chi connectivity index (χ3v) is 3.23. The number of nitrogens with zero attached hydrogens (tertiary/aromatic N) is 2. The summed E-state index contributed by atoms with van der Waals surface area (Å²) < 4.78 is 0. The maximum Gasteiger partial charge on any atom is 0.129 e. The highest BCUT2D eigenvalue weighted by atomic mass is 79.9. The third kappa shape index (κ3) is 3.48. The maximum atomic E-state index is 4.61. The number of anilines is 1. The molecule has 1 heterocycles. The molecule has 90 valence electrons. The van der Waals surface area contributed by atoms with Gasteiger partial charge >= 0.3 is 0 Å². The molecule has 0 aliphatic carbocycles. The summed E-state index contributed by atoms with van der Waals surface area (Å²) in [6.45, 7) is 7.54. The second-order valence-corrected chi connectivity index (χ2v) is 4.78. The molecule has 1 aromatic rings. The van der Waals surface area contributed by atoms with Crippen LogP contribution in [0.3, 0.4) is 0 Å². The molecule has 0 bridgehead atoms. The largest absolute Gasteiger partial charge is 0.353 e. The number of pyridine rings is 1. The van der Waals surface area contributed by atoms with Gasteiger partial charge in [-0.05, 0) is 31.9 Å². The van der Waals surface area contributed by atoms with E-state index in [4.69, 9.17) is 0 Å². The lowest BCUT2D eigenvalue weighted by Crippen LogP contribution is -2.36. The first-order valence-electron chi connectivity index (χ1n) is 5.99. The van der Waals surface area contributed by atoms with Crippen LogP contribution in [0.15, 0.2) is 18.2 Å². The van der Waals surface area contributed by atoms with Gasteiger partial charge in [0.2, 0.25) is 0 Å². The van der Waals surface area contributed by atoms with Gasteiger partial charge in [0.25, 0.3) is 0 Å². The van der Waals surface area contributed by atoms with Gasteiger partial charge in [0.15, 0.2) is 0 Å². The first-order valence-corrected chi connectivity index (χ1v) is 7.11. The van der Waals surface area contributed by atoms with E-state index in [-0.39, 0.29) is 0 Å². The van der Waals surface area contributed by atoms with Gasteiger partial charge in [-0.25, -0.2) is 4.98 Å². The quantitative estimate of drug-likeness (QED) is 0.739. The number of hydrogen-bond acceptors (Lipinski definition) is 2. The lowest BCUT2D eigenvalue weighted by molar-refractivity contribution is 0.563. The van der Waals surface area contributed by atoms with Gasteiger partial charge in [0.1, 0.15) is 5.82 Å². The molecular weight excluding hydrogens is 264 g/mol. The van der Waals surface area contributed by atoms with Crippen molar-refractivity contribution < 1.29 is 0 Å². The standard InChI is InChI=1S/C13H21BrN2/c1-4-12(5-2)16(10-9-14)13-8-6-7-11(3)15-13/h6-8,12H,4-5,9-10H2,1-3H3. The Morgan fingerprint density at radius 2 is 2.00 bits per heavy atom. The summed E-state index contributed by atoms with van der Waals surface area (Å²) in [6, 6.07) is 6.82. The van der Waals surface area contributed by atoms with Gasteiger partial charge in [-0.3, -0.25) is 0 Å². The van der Waals surface area contributed by atoms with Crippen LogP contribution in [-0.4, -0.2) is 22.9 Å². The van der Waals surface area contributed by atoms with Crippen LogP contribution in [0.4, 0.5) is 5.82 Å². The second kappa shape index (κ2) is 6.89. The van der Waals surface area contributed by atoms with Gasteiger partial charge < -0.3 is 4.90 Å².